The molecule has 0 spiro atoms. The lowest BCUT2D eigenvalue weighted by Gasteiger charge is -2.14. The van der Waals surface area contributed by atoms with Crippen molar-refractivity contribution in [3.63, 3.8) is 0 Å². The van der Waals surface area contributed by atoms with Crippen LogP contribution in [0, 0.1) is 0 Å². The van der Waals surface area contributed by atoms with E-state index < -0.39 is 12.0 Å². The van der Waals surface area contributed by atoms with Gasteiger partial charge in [-0.25, -0.2) is 4.79 Å². The molecule has 0 aliphatic heterocycles. The molecule has 92 valence electrons. The Kier molecular flexibility index (Phi) is 5.20. The van der Waals surface area contributed by atoms with E-state index in [0.717, 1.165) is 5.56 Å². The molecule has 4 heteroatoms. The molecule has 17 heavy (non-hydrogen) atoms. The maximum atomic E-state index is 11.4. The maximum absolute atomic E-state index is 11.4. The molecule has 0 aromatic heterocycles. The number of nitrogens with one attached hydrogen (secondary N) is 1. The predicted molar refractivity (Wildman–Crippen MR) is 64.6 cm³/mol. The Morgan fingerprint density at radius 2 is 1.94 bits per heavy atom. The standard InChI is InChI=1S/C13H17NO3/c1-2-6-12(15)14-11(13(16)17)9-10-7-4-3-5-8-10/h3-5,7-8,11H,2,6,9H2,1H3,(H,14,15)(H,16,17)/t11-/m0/s1. The summed E-state index contributed by atoms with van der Waals surface area (Å²) in [5.74, 6) is -1.21. The topological polar surface area (TPSA) is 66.4 Å². The van der Waals surface area contributed by atoms with Gasteiger partial charge in [-0.1, -0.05) is 37.3 Å². The quantitative estimate of drug-likeness (QED) is 0.787. The molecule has 0 saturated heterocycles. The third-order valence-electron chi connectivity index (χ3n) is 2.39. The van der Waals surface area contributed by atoms with Crippen LogP contribution in [0.3, 0.4) is 0 Å². The molecule has 1 aromatic rings. The van der Waals surface area contributed by atoms with Crippen LogP contribution in [0.5, 0.6) is 0 Å². The van der Waals surface area contributed by atoms with Crippen molar-refractivity contribution in [3.05, 3.63) is 35.9 Å². The third kappa shape index (κ3) is 4.68. The first-order valence-electron chi connectivity index (χ1n) is 5.69. The summed E-state index contributed by atoms with van der Waals surface area (Å²) >= 11 is 0. The summed E-state index contributed by atoms with van der Waals surface area (Å²) in [6.07, 6.45) is 1.38. The summed E-state index contributed by atoms with van der Waals surface area (Å²) in [5.41, 5.74) is 0.900. The van der Waals surface area contributed by atoms with E-state index in [-0.39, 0.29) is 5.91 Å². The van der Waals surface area contributed by atoms with Gasteiger partial charge in [-0.15, -0.1) is 0 Å². The Balaban J connectivity index is 2.61. The first-order valence-corrected chi connectivity index (χ1v) is 5.69. The molecule has 1 amide bonds. The Morgan fingerprint density at radius 1 is 1.29 bits per heavy atom. The van der Waals surface area contributed by atoms with Gasteiger partial charge in [0.05, 0.1) is 0 Å². The second-order valence-corrected chi connectivity index (χ2v) is 3.90. The summed E-state index contributed by atoms with van der Waals surface area (Å²) in [6.45, 7) is 1.88. The van der Waals surface area contributed by atoms with Gasteiger partial charge in [-0.05, 0) is 12.0 Å². The van der Waals surface area contributed by atoms with Crippen LogP contribution in [0.1, 0.15) is 25.3 Å². The zero-order chi connectivity index (χ0) is 12.7. The van der Waals surface area contributed by atoms with Crippen LogP contribution in [-0.2, 0) is 16.0 Å². The molecule has 0 radical (unpaired) electrons. The van der Waals surface area contributed by atoms with Crippen LogP contribution < -0.4 is 5.32 Å². The number of amides is 1. The van der Waals surface area contributed by atoms with Gasteiger partial charge in [-0.3, -0.25) is 4.79 Å². The van der Waals surface area contributed by atoms with Crippen molar-refractivity contribution in [1.29, 1.82) is 0 Å². The first kappa shape index (κ1) is 13.2. The number of benzene rings is 1. The van der Waals surface area contributed by atoms with Gasteiger partial charge in [0.1, 0.15) is 6.04 Å². The highest BCUT2D eigenvalue weighted by Gasteiger charge is 2.19. The van der Waals surface area contributed by atoms with Gasteiger partial charge < -0.3 is 10.4 Å². The van der Waals surface area contributed by atoms with Crippen LogP contribution in [0.25, 0.3) is 0 Å². The van der Waals surface area contributed by atoms with Crippen molar-refractivity contribution < 1.29 is 14.7 Å². The van der Waals surface area contributed by atoms with Crippen LogP contribution in [0.2, 0.25) is 0 Å². The number of carbonyl (C=O) groups is 2. The lowest BCUT2D eigenvalue weighted by molar-refractivity contribution is -0.141. The van der Waals surface area contributed by atoms with Crippen LogP contribution >= 0.6 is 0 Å². The van der Waals surface area contributed by atoms with Crippen molar-refractivity contribution >= 4 is 11.9 Å². The molecule has 4 nitrogen and oxygen atoms in total. The second-order valence-electron chi connectivity index (χ2n) is 3.90. The lowest BCUT2D eigenvalue weighted by atomic mass is 10.1. The summed E-state index contributed by atoms with van der Waals surface area (Å²) in [5, 5.41) is 11.6. The van der Waals surface area contributed by atoms with Crippen molar-refractivity contribution in [1.82, 2.24) is 5.32 Å². The summed E-state index contributed by atoms with van der Waals surface area (Å²) in [4.78, 5) is 22.4. The Labute approximate surface area is 101 Å². The number of carboxylic acids is 1. The van der Waals surface area contributed by atoms with Gasteiger partial charge in [0.2, 0.25) is 5.91 Å². The average Bonchev–Trinajstić information content (AvgIpc) is 2.29. The lowest BCUT2D eigenvalue weighted by Crippen LogP contribution is -2.42. The van der Waals surface area contributed by atoms with Crippen LogP contribution in [0.4, 0.5) is 0 Å². The van der Waals surface area contributed by atoms with Gasteiger partial charge in [0.25, 0.3) is 0 Å². The fraction of sp³-hybridized carbons (Fsp3) is 0.385. The van der Waals surface area contributed by atoms with E-state index in [1.165, 1.54) is 0 Å². The molecular weight excluding hydrogens is 218 g/mol. The molecule has 0 aliphatic rings. The molecule has 0 aliphatic carbocycles. The molecule has 2 N–H and O–H groups in total. The smallest absolute Gasteiger partial charge is 0.326 e. The molecular formula is C13H17NO3. The van der Waals surface area contributed by atoms with E-state index in [1.54, 1.807) is 0 Å². The molecule has 0 heterocycles. The summed E-state index contributed by atoms with van der Waals surface area (Å²) in [7, 11) is 0. The normalized spacial score (nSPS) is 11.8. The summed E-state index contributed by atoms with van der Waals surface area (Å²) < 4.78 is 0. The highest BCUT2D eigenvalue weighted by atomic mass is 16.4. The summed E-state index contributed by atoms with van der Waals surface area (Å²) in [6, 6.07) is 8.42. The Bertz CT molecular complexity index is 376. The van der Waals surface area contributed by atoms with Crippen LogP contribution in [-0.4, -0.2) is 23.0 Å². The van der Waals surface area contributed by atoms with Crippen molar-refractivity contribution in [2.75, 3.05) is 0 Å². The maximum Gasteiger partial charge on any atom is 0.326 e. The SMILES string of the molecule is CCCC(=O)N[C@@H](Cc1ccccc1)C(=O)O. The van der Waals surface area contributed by atoms with Crippen LogP contribution in [0.15, 0.2) is 30.3 Å². The molecule has 0 saturated carbocycles. The van der Waals surface area contributed by atoms with E-state index in [9.17, 15) is 9.59 Å². The van der Waals surface area contributed by atoms with E-state index in [0.29, 0.717) is 19.3 Å². The van der Waals surface area contributed by atoms with Crippen molar-refractivity contribution in [2.24, 2.45) is 0 Å². The number of rotatable bonds is 6. The number of aliphatic carboxylic acids is 1. The highest BCUT2D eigenvalue weighted by molar-refractivity contribution is 5.83. The van der Waals surface area contributed by atoms with Crippen molar-refractivity contribution in [2.45, 2.75) is 32.2 Å². The van der Waals surface area contributed by atoms with Gasteiger partial charge >= 0.3 is 5.97 Å². The number of carboxylic acid groups (broad SMARTS) is 1. The molecule has 0 bridgehead atoms. The van der Waals surface area contributed by atoms with E-state index in [2.05, 4.69) is 5.32 Å². The van der Waals surface area contributed by atoms with Gasteiger partial charge in [-0.2, -0.15) is 0 Å². The Morgan fingerprint density at radius 3 is 2.47 bits per heavy atom. The number of hydrogen-bond donors (Lipinski definition) is 2. The molecule has 0 fully saturated rings. The van der Waals surface area contributed by atoms with Gasteiger partial charge in [0, 0.05) is 12.8 Å². The molecule has 1 atom stereocenters. The van der Waals surface area contributed by atoms with Crippen molar-refractivity contribution in [3.8, 4) is 0 Å². The Hall–Kier alpha value is -1.84. The second kappa shape index (κ2) is 6.68. The number of hydrogen-bond acceptors (Lipinski definition) is 2. The highest BCUT2D eigenvalue weighted by Crippen LogP contribution is 2.04. The van der Waals surface area contributed by atoms with Gasteiger partial charge in [0.15, 0.2) is 0 Å². The van der Waals surface area contributed by atoms with E-state index in [4.69, 9.17) is 5.11 Å². The zero-order valence-corrected chi connectivity index (χ0v) is 9.85. The fourth-order valence-electron chi connectivity index (χ4n) is 1.54. The van der Waals surface area contributed by atoms with E-state index >= 15 is 0 Å². The first-order chi connectivity index (χ1) is 8.13. The monoisotopic (exact) mass is 235 g/mol. The minimum absolute atomic E-state index is 0.212. The molecule has 0 unspecified atom stereocenters. The minimum atomic E-state index is -1.00. The third-order valence-corrected chi connectivity index (χ3v) is 2.39. The molecule has 1 aromatic carbocycles. The zero-order valence-electron chi connectivity index (χ0n) is 9.85. The molecule has 1 rings (SSSR count). The fourth-order valence-corrected chi connectivity index (χ4v) is 1.54. The minimum Gasteiger partial charge on any atom is -0.480 e. The average molecular weight is 235 g/mol. The number of carbonyl (C=O) groups excluding carboxylic acids is 1. The predicted octanol–water partition coefficient (Wildman–Crippen LogP) is 1.60. The van der Waals surface area contributed by atoms with E-state index in [1.807, 2.05) is 37.3 Å². The largest absolute Gasteiger partial charge is 0.480 e.